The minimum Gasteiger partial charge on any atom is -0.494 e. The van der Waals surface area contributed by atoms with Gasteiger partial charge in [0.25, 0.3) is 0 Å². The monoisotopic (exact) mass is 278 g/mol. The highest BCUT2D eigenvalue weighted by Gasteiger charge is 2.10. The van der Waals surface area contributed by atoms with Gasteiger partial charge in [0.1, 0.15) is 18.2 Å². The lowest BCUT2D eigenvalue weighted by atomic mass is 10.2. The predicted octanol–water partition coefficient (Wildman–Crippen LogP) is 3.36. The molecule has 0 saturated carbocycles. The van der Waals surface area contributed by atoms with Crippen molar-refractivity contribution in [1.82, 2.24) is 0 Å². The SMILES string of the molecule is COc1cccc(COc2ccc(F)cc2C=O)c1F. The third kappa shape index (κ3) is 2.93. The van der Waals surface area contributed by atoms with Crippen molar-refractivity contribution in [2.75, 3.05) is 7.11 Å². The Morgan fingerprint density at radius 3 is 2.65 bits per heavy atom. The molecule has 2 rings (SSSR count). The molecular weight excluding hydrogens is 266 g/mol. The Morgan fingerprint density at radius 1 is 1.15 bits per heavy atom. The van der Waals surface area contributed by atoms with E-state index < -0.39 is 11.6 Å². The van der Waals surface area contributed by atoms with Crippen LogP contribution in [0.1, 0.15) is 15.9 Å². The predicted molar refractivity (Wildman–Crippen MR) is 69.1 cm³/mol. The van der Waals surface area contributed by atoms with E-state index in [2.05, 4.69) is 0 Å². The molecule has 0 aliphatic carbocycles. The van der Waals surface area contributed by atoms with Crippen molar-refractivity contribution < 1.29 is 23.0 Å². The third-order valence-corrected chi connectivity index (χ3v) is 2.75. The Bertz CT molecular complexity index is 627. The highest BCUT2D eigenvalue weighted by atomic mass is 19.1. The van der Waals surface area contributed by atoms with Gasteiger partial charge in [-0.1, -0.05) is 12.1 Å². The summed E-state index contributed by atoms with van der Waals surface area (Å²) < 4.78 is 37.1. The number of carbonyl (C=O) groups is 1. The number of aldehydes is 1. The van der Waals surface area contributed by atoms with Crippen LogP contribution in [0.15, 0.2) is 36.4 Å². The number of carbonyl (C=O) groups excluding carboxylic acids is 1. The van der Waals surface area contributed by atoms with Gasteiger partial charge >= 0.3 is 0 Å². The summed E-state index contributed by atoms with van der Waals surface area (Å²) in [6.07, 6.45) is 0.486. The summed E-state index contributed by atoms with van der Waals surface area (Å²) in [5.74, 6) is -0.749. The molecule has 2 aromatic rings. The lowest BCUT2D eigenvalue weighted by molar-refractivity contribution is 0.111. The molecule has 0 bridgehead atoms. The van der Waals surface area contributed by atoms with Gasteiger partial charge < -0.3 is 9.47 Å². The molecule has 0 saturated heterocycles. The van der Waals surface area contributed by atoms with Crippen molar-refractivity contribution in [3.05, 3.63) is 59.2 Å². The van der Waals surface area contributed by atoms with Gasteiger partial charge in [-0.3, -0.25) is 4.79 Å². The molecule has 0 heterocycles. The van der Waals surface area contributed by atoms with Crippen LogP contribution in [0.5, 0.6) is 11.5 Å². The molecule has 0 aromatic heterocycles. The molecule has 2 aromatic carbocycles. The van der Waals surface area contributed by atoms with E-state index in [9.17, 15) is 13.6 Å². The number of rotatable bonds is 5. The van der Waals surface area contributed by atoms with E-state index in [-0.39, 0.29) is 29.2 Å². The maximum atomic E-state index is 13.9. The van der Waals surface area contributed by atoms with Crippen LogP contribution in [0, 0.1) is 11.6 Å². The van der Waals surface area contributed by atoms with Gasteiger partial charge in [0.05, 0.1) is 12.7 Å². The minimum atomic E-state index is -0.535. The Morgan fingerprint density at radius 2 is 1.95 bits per heavy atom. The molecule has 0 amide bonds. The topological polar surface area (TPSA) is 35.5 Å². The fourth-order valence-electron chi connectivity index (χ4n) is 1.72. The largest absolute Gasteiger partial charge is 0.494 e. The van der Waals surface area contributed by atoms with Crippen LogP contribution in [0.2, 0.25) is 0 Å². The summed E-state index contributed by atoms with van der Waals surface area (Å²) in [6.45, 7) is -0.0878. The van der Waals surface area contributed by atoms with Crippen LogP contribution >= 0.6 is 0 Å². The summed E-state index contributed by atoms with van der Waals surface area (Å²) in [4.78, 5) is 10.8. The van der Waals surface area contributed by atoms with Crippen molar-refractivity contribution in [2.24, 2.45) is 0 Å². The summed E-state index contributed by atoms with van der Waals surface area (Å²) in [6, 6.07) is 8.23. The molecule has 0 spiro atoms. The van der Waals surface area contributed by atoms with Gasteiger partial charge in [-0.15, -0.1) is 0 Å². The first kappa shape index (κ1) is 14.0. The summed E-state index contributed by atoms with van der Waals surface area (Å²) in [5.41, 5.74) is 0.360. The molecule has 0 unspecified atom stereocenters. The standard InChI is InChI=1S/C15H12F2O3/c1-19-14-4-2-3-10(15(14)17)9-20-13-6-5-12(16)7-11(13)8-18/h2-8H,9H2,1H3. The molecule has 0 atom stereocenters. The maximum Gasteiger partial charge on any atom is 0.171 e. The summed E-state index contributed by atoms with van der Waals surface area (Å²) >= 11 is 0. The van der Waals surface area contributed by atoms with Crippen LogP contribution in [0.25, 0.3) is 0 Å². The highest BCUT2D eigenvalue weighted by molar-refractivity contribution is 5.79. The van der Waals surface area contributed by atoms with E-state index in [1.807, 2.05) is 0 Å². The fraction of sp³-hybridized carbons (Fsp3) is 0.133. The van der Waals surface area contributed by atoms with Crippen molar-refractivity contribution >= 4 is 6.29 Å². The van der Waals surface area contributed by atoms with Gasteiger partial charge in [0, 0.05) is 5.56 Å². The van der Waals surface area contributed by atoms with Crippen molar-refractivity contribution in [2.45, 2.75) is 6.61 Å². The number of ether oxygens (including phenoxy) is 2. The van der Waals surface area contributed by atoms with Crippen LogP contribution in [0.3, 0.4) is 0 Å². The molecule has 0 aliphatic heterocycles. The smallest absolute Gasteiger partial charge is 0.171 e. The van der Waals surface area contributed by atoms with E-state index in [0.717, 1.165) is 6.07 Å². The zero-order chi connectivity index (χ0) is 14.5. The minimum absolute atomic E-state index is 0.0771. The molecule has 0 N–H and O–H groups in total. The maximum absolute atomic E-state index is 13.9. The molecular formula is C15H12F2O3. The second kappa shape index (κ2) is 6.14. The molecule has 0 radical (unpaired) electrons. The fourth-order valence-corrected chi connectivity index (χ4v) is 1.72. The zero-order valence-corrected chi connectivity index (χ0v) is 10.7. The van der Waals surface area contributed by atoms with E-state index in [1.54, 1.807) is 12.1 Å². The van der Waals surface area contributed by atoms with Crippen molar-refractivity contribution in [1.29, 1.82) is 0 Å². The average Bonchev–Trinajstić information content (AvgIpc) is 2.47. The van der Waals surface area contributed by atoms with E-state index in [4.69, 9.17) is 9.47 Å². The van der Waals surface area contributed by atoms with Gasteiger partial charge in [0.15, 0.2) is 17.9 Å². The lowest BCUT2D eigenvalue weighted by Crippen LogP contribution is -2.02. The Labute approximate surface area is 114 Å². The summed E-state index contributed by atoms with van der Waals surface area (Å²) in [7, 11) is 1.37. The van der Waals surface area contributed by atoms with Crippen LogP contribution < -0.4 is 9.47 Å². The molecule has 20 heavy (non-hydrogen) atoms. The Balaban J connectivity index is 2.19. The Hall–Kier alpha value is -2.43. The van der Waals surface area contributed by atoms with Gasteiger partial charge in [-0.05, 0) is 24.3 Å². The highest BCUT2D eigenvalue weighted by Crippen LogP contribution is 2.23. The Kier molecular flexibility index (Phi) is 4.30. The van der Waals surface area contributed by atoms with E-state index in [1.165, 1.54) is 25.3 Å². The molecule has 0 aliphatic rings. The quantitative estimate of drug-likeness (QED) is 0.787. The first-order valence-corrected chi connectivity index (χ1v) is 5.84. The number of benzene rings is 2. The second-order valence-electron chi connectivity index (χ2n) is 4.02. The molecule has 104 valence electrons. The zero-order valence-electron chi connectivity index (χ0n) is 10.7. The first-order chi connectivity index (χ1) is 9.65. The van der Waals surface area contributed by atoms with Crippen LogP contribution in [-0.4, -0.2) is 13.4 Å². The van der Waals surface area contributed by atoms with Crippen molar-refractivity contribution in [3.8, 4) is 11.5 Å². The normalized spacial score (nSPS) is 10.2. The molecule has 0 fully saturated rings. The van der Waals surface area contributed by atoms with Gasteiger partial charge in [0.2, 0.25) is 0 Å². The van der Waals surface area contributed by atoms with E-state index in [0.29, 0.717) is 6.29 Å². The lowest BCUT2D eigenvalue weighted by Gasteiger charge is -2.10. The number of hydrogen-bond acceptors (Lipinski definition) is 3. The number of halogens is 2. The van der Waals surface area contributed by atoms with E-state index >= 15 is 0 Å². The summed E-state index contributed by atoms with van der Waals surface area (Å²) in [5, 5.41) is 0. The molecule has 5 heteroatoms. The van der Waals surface area contributed by atoms with Crippen molar-refractivity contribution in [3.63, 3.8) is 0 Å². The molecule has 3 nitrogen and oxygen atoms in total. The van der Waals surface area contributed by atoms with Gasteiger partial charge in [-0.2, -0.15) is 0 Å². The number of hydrogen-bond donors (Lipinski definition) is 0. The third-order valence-electron chi connectivity index (χ3n) is 2.75. The van der Waals surface area contributed by atoms with Crippen LogP contribution in [-0.2, 0) is 6.61 Å². The number of methoxy groups -OCH3 is 1. The van der Waals surface area contributed by atoms with Crippen LogP contribution in [0.4, 0.5) is 8.78 Å². The second-order valence-corrected chi connectivity index (χ2v) is 4.02. The van der Waals surface area contributed by atoms with Gasteiger partial charge in [-0.25, -0.2) is 8.78 Å². The average molecular weight is 278 g/mol. The first-order valence-electron chi connectivity index (χ1n) is 5.84.